The molecule has 0 spiro atoms. The topological polar surface area (TPSA) is 75.1 Å². The maximum Gasteiger partial charge on any atom is 0.161 e. The third-order valence-electron chi connectivity index (χ3n) is 2.23. The number of hydrogen-bond acceptors (Lipinski definition) is 6. The Morgan fingerprint density at radius 3 is 2.56 bits per heavy atom. The van der Waals surface area contributed by atoms with E-state index in [0.717, 1.165) is 5.56 Å². The predicted octanol–water partition coefficient (Wildman–Crippen LogP) is 1.12. The van der Waals surface area contributed by atoms with E-state index in [1.165, 1.54) is 6.20 Å². The van der Waals surface area contributed by atoms with Crippen LogP contribution in [0, 0.1) is 0 Å². The second kappa shape index (κ2) is 7.18. The number of ether oxygens (including phenoxy) is 2. The van der Waals surface area contributed by atoms with Crippen LogP contribution in [0.2, 0.25) is 0 Å². The van der Waals surface area contributed by atoms with Gasteiger partial charge in [0.15, 0.2) is 11.5 Å². The maximum atomic E-state index is 8.56. The van der Waals surface area contributed by atoms with Gasteiger partial charge in [0, 0.05) is 18.8 Å². The van der Waals surface area contributed by atoms with Crippen molar-refractivity contribution in [2.24, 2.45) is 5.10 Å². The summed E-state index contributed by atoms with van der Waals surface area (Å²) in [5.74, 6) is 1.26. The van der Waals surface area contributed by atoms with Crippen LogP contribution in [0.4, 0.5) is 0 Å². The van der Waals surface area contributed by atoms with E-state index in [0.29, 0.717) is 17.2 Å². The molecule has 3 N–H and O–H groups in total. The minimum Gasteiger partial charge on any atom is -0.493 e. The van der Waals surface area contributed by atoms with E-state index < -0.39 is 0 Å². The van der Waals surface area contributed by atoms with Gasteiger partial charge in [0.25, 0.3) is 0 Å². The first-order chi connectivity index (χ1) is 8.76. The molecule has 0 aliphatic rings. The van der Waals surface area contributed by atoms with Gasteiger partial charge in [0.05, 0.1) is 19.9 Å². The summed E-state index contributed by atoms with van der Waals surface area (Å²) in [7, 11) is 4.85. The van der Waals surface area contributed by atoms with Gasteiger partial charge in [-0.15, -0.1) is 0 Å². The SMILES string of the molecule is CNN=C(C=CNO)c1ccc(OC)c(OC)c1. The van der Waals surface area contributed by atoms with Crippen molar-refractivity contribution in [3.05, 3.63) is 36.0 Å². The molecule has 0 saturated carbocycles. The van der Waals surface area contributed by atoms with E-state index in [-0.39, 0.29) is 0 Å². The molecule has 0 saturated heterocycles. The van der Waals surface area contributed by atoms with E-state index in [4.69, 9.17) is 14.7 Å². The molecule has 98 valence electrons. The Balaban J connectivity index is 3.13. The number of methoxy groups -OCH3 is 2. The van der Waals surface area contributed by atoms with Gasteiger partial charge in [0.1, 0.15) is 0 Å². The highest BCUT2D eigenvalue weighted by Gasteiger charge is 2.07. The molecule has 0 radical (unpaired) electrons. The average Bonchev–Trinajstić information content (AvgIpc) is 2.42. The number of nitrogens with zero attached hydrogens (tertiary/aromatic N) is 1. The molecule has 0 aliphatic carbocycles. The van der Waals surface area contributed by atoms with Crippen LogP contribution in [-0.4, -0.2) is 32.2 Å². The van der Waals surface area contributed by atoms with Crippen LogP contribution in [0.1, 0.15) is 5.56 Å². The smallest absolute Gasteiger partial charge is 0.161 e. The van der Waals surface area contributed by atoms with Gasteiger partial charge in [-0.2, -0.15) is 5.10 Å². The van der Waals surface area contributed by atoms with Crippen LogP contribution in [0.3, 0.4) is 0 Å². The van der Waals surface area contributed by atoms with Crippen molar-refractivity contribution in [1.29, 1.82) is 0 Å². The van der Waals surface area contributed by atoms with E-state index in [1.807, 2.05) is 11.5 Å². The van der Waals surface area contributed by atoms with Gasteiger partial charge in [0.2, 0.25) is 0 Å². The maximum absolute atomic E-state index is 8.56. The number of hydrogen-bond donors (Lipinski definition) is 3. The molecule has 0 heterocycles. The summed E-state index contributed by atoms with van der Waals surface area (Å²) < 4.78 is 10.4. The van der Waals surface area contributed by atoms with Crippen LogP contribution in [-0.2, 0) is 0 Å². The van der Waals surface area contributed by atoms with Crippen LogP contribution in [0.15, 0.2) is 35.6 Å². The fourth-order valence-corrected chi connectivity index (χ4v) is 1.43. The summed E-state index contributed by atoms with van der Waals surface area (Å²) in [5.41, 5.74) is 6.10. The van der Waals surface area contributed by atoms with Crippen molar-refractivity contribution < 1.29 is 14.7 Å². The summed E-state index contributed by atoms with van der Waals surface area (Å²) in [5, 5.41) is 12.7. The molecule has 1 aromatic rings. The first-order valence-corrected chi connectivity index (χ1v) is 5.29. The summed E-state index contributed by atoms with van der Waals surface area (Å²) in [6, 6.07) is 5.44. The molecule has 0 bridgehead atoms. The van der Waals surface area contributed by atoms with Crippen molar-refractivity contribution in [3.8, 4) is 11.5 Å². The van der Waals surface area contributed by atoms with Crippen LogP contribution in [0.5, 0.6) is 11.5 Å². The van der Waals surface area contributed by atoms with Crippen molar-refractivity contribution in [1.82, 2.24) is 10.9 Å². The quantitative estimate of drug-likeness (QED) is 0.522. The Morgan fingerprint density at radius 1 is 1.28 bits per heavy atom. The van der Waals surface area contributed by atoms with Gasteiger partial charge in [-0.3, -0.25) is 10.7 Å². The molecule has 0 unspecified atom stereocenters. The van der Waals surface area contributed by atoms with Crippen molar-refractivity contribution in [2.75, 3.05) is 21.3 Å². The molecule has 6 heteroatoms. The predicted molar refractivity (Wildman–Crippen MR) is 69.2 cm³/mol. The van der Waals surface area contributed by atoms with Gasteiger partial charge < -0.3 is 14.9 Å². The Labute approximate surface area is 106 Å². The van der Waals surface area contributed by atoms with Gasteiger partial charge >= 0.3 is 0 Å². The largest absolute Gasteiger partial charge is 0.493 e. The normalized spacial score (nSPS) is 11.4. The first kappa shape index (κ1) is 13.9. The number of hydrazone groups is 1. The van der Waals surface area contributed by atoms with Crippen LogP contribution < -0.4 is 20.4 Å². The molecule has 1 aromatic carbocycles. The van der Waals surface area contributed by atoms with Crippen molar-refractivity contribution >= 4 is 5.71 Å². The molecule has 0 fully saturated rings. The molecule has 0 aromatic heterocycles. The molecule has 18 heavy (non-hydrogen) atoms. The average molecular weight is 251 g/mol. The highest BCUT2D eigenvalue weighted by Crippen LogP contribution is 2.27. The lowest BCUT2D eigenvalue weighted by atomic mass is 10.1. The lowest BCUT2D eigenvalue weighted by molar-refractivity contribution is 0.214. The number of nitrogens with one attached hydrogen (secondary N) is 2. The summed E-state index contributed by atoms with van der Waals surface area (Å²) in [6.07, 6.45) is 2.99. The fraction of sp³-hybridized carbons (Fsp3) is 0.250. The second-order valence-corrected chi connectivity index (χ2v) is 3.25. The van der Waals surface area contributed by atoms with Gasteiger partial charge in [-0.05, 0) is 24.3 Å². The zero-order chi connectivity index (χ0) is 13.4. The van der Waals surface area contributed by atoms with Crippen molar-refractivity contribution in [3.63, 3.8) is 0 Å². The number of allylic oxidation sites excluding steroid dienone is 1. The molecular formula is C12H17N3O3. The van der Waals surface area contributed by atoms with Crippen LogP contribution in [0.25, 0.3) is 0 Å². The Bertz CT molecular complexity index is 444. The zero-order valence-corrected chi connectivity index (χ0v) is 10.6. The van der Waals surface area contributed by atoms with Gasteiger partial charge in [-0.1, -0.05) is 0 Å². The van der Waals surface area contributed by atoms with Crippen molar-refractivity contribution in [2.45, 2.75) is 0 Å². The molecule has 1 rings (SSSR count). The third kappa shape index (κ3) is 3.39. The van der Waals surface area contributed by atoms with E-state index in [2.05, 4.69) is 10.5 Å². The Kier molecular flexibility index (Phi) is 5.53. The summed E-state index contributed by atoms with van der Waals surface area (Å²) >= 11 is 0. The standard InChI is InChI=1S/C12H17N3O3/c1-13-15-10(6-7-14-16)9-4-5-11(17-2)12(8-9)18-3/h4-8,13-14,16H,1-3H3. The summed E-state index contributed by atoms with van der Waals surface area (Å²) in [6.45, 7) is 0. The molecular weight excluding hydrogens is 234 g/mol. The lowest BCUT2D eigenvalue weighted by Crippen LogP contribution is -2.07. The monoisotopic (exact) mass is 251 g/mol. The fourth-order valence-electron chi connectivity index (χ4n) is 1.43. The molecule has 6 nitrogen and oxygen atoms in total. The molecule has 0 amide bonds. The van der Waals surface area contributed by atoms with Crippen LogP contribution >= 0.6 is 0 Å². The minimum absolute atomic E-state index is 0.615. The number of benzene rings is 1. The highest BCUT2D eigenvalue weighted by atomic mass is 16.5. The van der Waals surface area contributed by atoms with E-state index >= 15 is 0 Å². The highest BCUT2D eigenvalue weighted by molar-refractivity contribution is 6.08. The molecule has 0 aliphatic heterocycles. The van der Waals surface area contributed by atoms with E-state index in [9.17, 15) is 0 Å². The third-order valence-corrected chi connectivity index (χ3v) is 2.23. The second-order valence-electron chi connectivity index (χ2n) is 3.25. The Hall–Kier alpha value is -2.21. The lowest BCUT2D eigenvalue weighted by Gasteiger charge is -2.09. The Morgan fingerprint density at radius 2 is 2.00 bits per heavy atom. The number of rotatable bonds is 6. The first-order valence-electron chi connectivity index (χ1n) is 5.29. The zero-order valence-electron chi connectivity index (χ0n) is 10.6. The van der Waals surface area contributed by atoms with E-state index in [1.54, 1.807) is 39.5 Å². The minimum atomic E-state index is 0.615. The molecule has 0 atom stereocenters. The van der Waals surface area contributed by atoms with Gasteiger partial charge in [-0.25, -0.2) is 0 Å². The number of hydroxylamine groups is 1. The summed E-state index contributed by atoms with van der Waals surface area (Å²) in [4.78, 5) is 0.